The minimum Gasteiger partial charge on any atom is -0.293 e. The molecule has 0 aromatic rings. The Bertz CT molecular complexity index is 83.9. The van der Waals surface area contributed by atoms with Crippen molar-refractivity contribution in [3.8, 4) is 0 Å². The van der Waals surface area contributed by atoms with Crippen molar-refractivity contribution < 1.29 is 0 Å². The van der Waals surface area contributed by atoms with E-state index in [-0.39, 0.29) is 0 Å². The number of hydrogen-bond acceptors (Lipinski definition) is 1. The summed E-state index contributed by atoms with van der Waals surface area (Å²) < 4.78 is 0. The van der Waals surface area contributed by atoms with Crippen molar-refractivity contribution in [3.05, 3.63) is 0 Å². The Morgan fingerprint density at radius 1 is 1.83 bits per heavy atom. The molecule has 1 aliphatic rings. The zero-order valence-electron chi connectivity index (χ0n) is 4.23. The molecule has 0 saturated carbocycles. The molecule has 1 unspecified atom stereocenters. The van der Waals surface area contributed by atoms with Crippen molar-refractivity contribution in [2.45, 2.75) is 13.8 Å². The molecule has 0 bridgehead atoms. The molecule has 0 saturated heterocycles. The van der Waals surface area contributed by atoms with Crippen molar-refractivity contribution in [2.24, 2.45) is 10.9 Å². The van der Waals surface area contributed by atoms with Crippen LogP contribution >= 0.6 is 0 Å². The Kier molecular flexibility index (Phi) is 0.685. The fourth-order valence-electron chi connectivity index (χ4n) is 0.456. The van der Waals surface area contributed by atoms with E-state index in [4.69, 9.17) is 0 Å². The quantitative estimate of drug-likeness (QED) is 0.416. The van der Waals surface area contributed by atoms with Gasteiger partial charge in [-0.05, 0) is 6.92 Å². The minimum absolute atomic E-state index is 0.782. The standard InChI is InChI=1S/C5H9N/c1-4-3-6-5(4)2/h4H,3H2,1-2H3. The van der Waals surface area contributed by atoms with Crippen LogP contribution in [0.2, 0.25) is 0 Å². The molecule has 34 valence electrons. The smallest absolute Gasteiger partial charge is 0.0466 e. The third-order valence-electron chi connectivity index (χ3n) is 1.33. The molecule has 0 spiro atoms. The van der Waals surface area contributed by atoms with Crippen LogP contribution in [0.1, 0.15) is 13.8 Å². The molecule has 1 heterocycles. The molecule has 0 amide bonds. The Balaban J connectivity index is 2.51. The van der Waals surface area contributed by atoms with E-state index in [1.807, 2.05) is 0 Å². The molecule has 0 fully saturated rings. The fourth-order valence-corrected chi connectivity index (χ4v) is 0.456. The first-order valence-electron chi connectivity index (χ1n) is 2.31. The van der Waals surface area contributed by atoms with Crippen LogP contribution in [0.4, 0.5) is 0 Å². The van der Waals surface area contributed by atoms with E-state index in [0.29, 0.717) is 0 Å². The van der Waals surface area contributed by atoms with Gasteiger partial charge in [-0.25, -0.2) is 0 Å². The van der Waals surface area contributed by atoms with Gasteiger partial charge in [0, 0.05) is 18.2 Å². The van der Waals surface area contributed by atoms with Gasteiger partial charge in [-0.2, -0.15) is 0 Å². The van der Waals surface area contributed by atoms with E-state index in [0.717, 1.165) is 12.5 Å². The fraction of sp³-hybridized carbons (Fsp3) is 0.800. The molecular formula is C5H9N. The van der Waals surface area contributed by atoms with Gasteiger partial charge in [0.1, 0.15) is 0 Å². The summed E-state index contributed by atoms with van der Waals surface area (Å²) in [4.78, 5) is 4.07. The van der Waals surface area contributed by atoms with Gasteiger partial charge in [-0.1, -0.05) is 6.92 Å². The Morgan fingerprint density at radius 2 is 2.33 bits per heavy atom. The zero-order chi connectivity index (χ0) is 4.57. The van der Waals surface area contributed by atoms with Gasteiger partial charge in [0.15, 0.2) is 0 Å². The van der Waals surface area contributed by atoms with E-state index in [9.17, 15) is 0 Å². The van der Waals surface area contributed by atoms with Crippen LogP contribution in [0.5, 0.6) is 0 Å². The van der Waals surface area contributed by atoms with Gasteiger partial charge in [-0.3, -0.25) is 4.99 Å². The Morgan fingerprint density at radius 3 is 2.33 bits per heavy atom. The maximum Gasteiger partial charge on any atom is 0.0466 e. The minimum atomic E-state index is 0.782. The highest BCUT2D eigenvalue weighted by Crippen LogP contribution is 2.08. The molecule has 1 atom stereocenters. The molecule has 1 heteroatoms. The predicted octanol–water partition coefficient (Wildman–Crippen LogP) is 1.10. The van der Waals surface area contributed by atoms with E-state index in [1.54, 1.807) is 0 Å². The average Bonchev–Trinajstić information content (AvgIpc) is 1.61. The molecule has 0 N–H and O–H groups in total. The lowest BCUT2D eigenvalue weighted by atomic mass is 10.0. The molecule has 1 aliphatic heterocycles. The maximum atomic E-state index is 4.07. The molecule has 6 heavy (non-hydrogen) atoms. The SMILES string of the molecule is CC1=NCC1C. The van der Waals surface area contributed by atoms with Crippen molar-refractivity contribution >= 4 is 5.71 Å². The lowest BCUT2D eigenvalue weighted by molar-refractivity contribution is 0.706. The van der Waals surface area contributed by atoms with E-state index < -0.39 is 0 Å². The highest BCUT2D eigenvalue weighted by atomic mass is 14.8. The van der Waals surface area contributed by atoms with Crippen LogP contribution in [0.25, 0.3) is 0 Å². The second-order valence-corrected chi connectivity index (χ2v) is 1.88. The summed E-state index contributed by atoms with van der Waals surface area (Å²) in [5.74, 6) is 0.782. The second kappa shape index (κ2) is 1.07. The lowest BCUT2D eigenvalue weighted by Crippen LogP contribution is -2.20. The summed E-state index contributed by atoms with van der Waals surface area (Å²) in [5, 5.41) is 0. The second-order valence-electron chi connectivity index (χ2n) is 1.88. The number of hydrogen-bond donors (Lipinski definition) is 0. The average molecular weight is 83.1 g/mol. The van der Waals surface area contributed by atoms with Crippen molar-refractivity contribution in [3.63, 3.8) is 0 Å². The first kappa shape index (κ1) is 3.85. The van der Waals surface area contributed by atoms with E-state index in [1.165, 1.54) is 5.71 Å². The normalized spacial score (nSPS) is 31.7. The Labute approximate surface area is 38.1 Å². The monoisotopic (exact) mass is 83.1 g/mol. The topological polar surface area (TPSA) is 12.4 Å². The third-order valence-corrected chi connectivity index (χ3v) is 1.33. The van der Waals surface area contributed by atoms with Gasteiger partial charge in [-0.15, -0.1) is 0 Å². The van der Waals surface area contributed by atoms with Crippen LogP contribution in [0.3, 0.4) is 0 Å². The molecule has 0 aromatic heterocycles. The summed E-state index contributed by atoms with van der Waals surface area (Å²) in [6, 6.07) is 0. The van der Waals surface area contributed by atoms with Gasteiger partial charge in [0.25, 0.3) is 0 Å². The van der Waals surface area contributed by atoms with Crippen molar-refractivity contribution in [1.82, 2.24) is 0 Å². The highest BCUT2D eigenvalue weighted by molar-refractivity contribution is 5.88. The summed E-state index contributed by atoms with van der Waals surface area (Å²) >= 11 is 0. The van der Waals surface area contributed by atoms with Gasteiger partial charge < -0.3 is 0 Å². The molecule has 0 aliphatic carbocycles. The summed E-state index contributed by atoms with van der Waals surface area (Å²) in [6.45, 7) is 5.34. The molecule has 1 nitrogen and oxygen atoms in total. The van der Waals surface area contributed by atoms with Gasteiger partial charge in [0.2, 0.25) is 0 Å². The van der Waals surface area contributed by atoms with E-state index >= 15 is 0 Å². The van der Waals surface area contributed by atoms with Gasteiger partial charge in [0.05, 0.1) is 0 Å². The predicted molar refractivity (Wildman–Crippen MR) is 27.1 cm³/mol. The summed E-state index contributed by atoms with van der Waals surface area (Å²) in [6.07, 6.45) is 0. The molecule has 1 rings (SSSR count). The van der Waals surface area contributed by atoms with Gasteiger partial charge >= 0.3 is 0 Å². The maximum absolute atomic E-state index is 4.07. The Hall–Kier alpha value is -0.330. The first-order valence-corrected chi connectivity index (χ1v) is 2.31. The summed E-state index contributed by atoms with van der Waals surface area (Å²) in [7, 11) is 0. The number of nitrogens with zero attached hydrogens (tertiary/aromatic N) is 1. The number of aliphatic imine (C=N–C) groups is 1. The van der Waals surface area contributed by atoms with Crippen LogP contribution in [-0.2, 0) is 0 Å². The number of rotatable bonds is 0. The highest BCUT2D eigenvalue weighted by Gasteiger charge is 2.11. The summed E-state index contributed by atoms with van der Waals surface area (Å²) in [5.41, 5.74) is 1.31. The van der Waals surface area contributed by atoms with Crippen molar-refractivity contribution in [1.29, 1.82) is 0 Å². The van der Waals surface area contributed by atoms with Crippen LogP contribution in [0, 0.1) is 5.92 Å². The molecular weight excluding hydrogens is 74.1 g/mol. The van der Waals surface area contributed by atoms with E-state index in [2.05, 4.69) is 18.8 Å². The molecule has 0 radical (unpaired) electrons. The van der Waals surface area contributed by atoms with Crippen molar-refractivity contribution in [2.75, 3.05) is 6.54 Å². The molecule has 0 aromatic carbocycles. The first-order chi connectivity index (χ1) is 2.80. The lowest BCUT2D eigenvalue weighted by Gasteiger charge is -2.16. The van der Waals surface area contributed by atoms with Crippen LogP contribution in [0.15, 0.2) is 4.99 Å². The third kappa shape index (κ3) is 0.348. The van der Waals surface area contributed by atoms with Crippen LogP contribution in [-0.4, -0.2) is 12.3 Å². The largest absolute Gasteiger partial charge is 0.293 e. The van der Waals surface area contributed by atoms with Crippen LogP contribution < -0.4 is 0 Å². The zero-order valence-corrected chi connectivity index (χ0v) is 4.23.